The third-order valence-electron chi connectivity index (χ3n) is 2.91. The SMILES string of the molecule is Cc1cc(CNCC2CCCO2)sc1C. The van der Waals surface area contributed by atoms with E-state index in [2.05, 4.69) is 25.2 Å². The normalized spacial score (nSPS) is 21.1. The molecule has 1 aliphatic heterocycles. The van der Waals surface area contributed by atoms with Gasteiger partial charge in [0.2, 0.25) is 0 Å². The Bertz CT molecular complexity index is 296. The summed E-state index contributed by atoms with van der Waals surface area (Å²) in [5.74, 6) is 0. The van der Waals surface area contributed by atoms with Gasteiger partial charge in [-0.1, -0.05) is 0 Å². The third kappa shape index (κ3) is 3.03. The van der Waals surface area contributed by atoms with Gasteiger partial charge in [0.15, 0.2) is 0 Å². The molecule has 3 heteroatoms. The molecule has 1 unspecified atom stereocenters. The Balaban J connectivity index is 1.73. The predicted octanol–water partition coefficient (Wildman–Crippen LogP) is 2.63. The molecule has 1 atom stereocenters. The number of hydrogen-bond donors (Lipinski definition) is 1. The van der Waals surface area contributed by atoms with Crippen molar-refractivity contribution in [2.75, 3.05) is 13.2 Å². The van der Waals surface area contributed by atoms with E-state index >= 15 is 0 Å². The summed E-state index contributed by atoms with van der Waals surface area (Å²) in [6.07, 6.45) is 2.89. The molecule has 0 aromatic carbocycles. The van der Waals surface area contributed by atoms with Gasteiger partial charge in [-0.25, -0.2) is 0 Å². The van der Waals surface area contributed by atoms with Gasteiger partial charge in [-0.2, -0.15) is 0 Å². The molecule has 0 bridgehead atoms. The Morgan fingerprint density at radius 3 is 3.00 bits per heavy atom. The molecule has 0 amide bonds. The molecule has 2 rings (SSSR count). The number of hydrogen-bond acceptors (Lipinski definition) is 3. The Kier molecular flexibility index (Phi) is 3.78. The fourth-order valence-electron chi connectivity index (χ4n) is 1.90. The van der Waals surface area contributed by atoms with E-state index in [1.54, 1.807) is 0 Å². The van der Waals surface area contributed by atoms with Crippen LogP contribution < -0.4 is 5.32 Å². The first kappa shape index (κ1) is 11.1. The lowest BCUT2D eigenvalue weighted by Crippen LogP contribution is -2.25. The van der Waals surface area contributed by atoms with E-state index < -0.39 is 0 Å². The van der Waals surface area contributed by atoms with Crippen LogP contribution in [0, 0.1) is 13.8 Å². The van der Waals surface area contributed by atoms with Crippen molar-refractivity contribution in [1.82, 2.24) is 5.32 Å². The largest absolute Gasteiger partial charge is 0.377 e. The molecule has 1 fully saturated rings. The fraction of sp³-hybridized carbons (Fsp3) is 0.667. The smallest absolute Gasteiger partial charge is 0.0700 e. The Hall–Kier alpha value is -0.380. The number of thiophene rings is 1. The fourth-order valence-corrected chi connectivity index (χ4v) is 2.92. The van der Waals surface area contributed by atoms with Crippen molar-refractivity contribution >= 4 is 11.3 Å². The molecular formula is C12H19NOS. The molecule has 2 heterocycles. The summed E-state index contributed by atoms with van der Waals surface area (Å²) >= 11 is 1.89. The van der Waals surface area contributed by atoms with Crippen molar-refractivity contribution in [1.29, 1.82) is 0 Å². The van der Waals surface area contributed by atoms with Gasteiger partial charge in [0.1, 0.15) is 0 Å². The molecule has 1 aromatic rings. The molecule has 1 saturated heterocycles. The summed E-state index contributed by atoms with van der Waals surface area (Å²) in [7, 11) is 0. The van der Waals surface area contributed by atoms with Crippen LogP contribution in [0.3, 0.4) is 0 Å². The van der Waals surface area contributed by atoms with Crippen molar-refractivity contribution in [2.45, 2.75) is 39.3 Å². The summed E-state index contributed by atoms with van der Waals surface area (Å²) in [5.41, 5.74) is 1.41. The molecule has 0 saturated carbocycles. The van der Waals surface area contributed by atoms with E-state index in [0.29, 0.717) is 6.10 Å². The highest BCUT2D eigenvalue weighted by atomic mass is 32.1. The molecule has 0 spiro atoms. The van der Waals surface area contributed by atoms with Crippen LogP contribution in [0.5, 0.6) is 0 Å². The molecule has 1 N–H and O–H groups in total. The Morgan fingerprint density at radius 1 is 1.53 bits per heavy atom. The van der Waals surface area contributed by atoms with E-state index in [1.165, 1.54) is 28.2 Å². The molecule has 0 radical (unpaired) electrons. The lowest BCUT2D eigenvalue weighted by molar-refractivity contribution is 0.110. The zero-order valence-electron chi connectivity index (χ0n) is 9.51. The van der Waals surface area contributed by atoms with Crippen molar-refractivity contribution in [3.05, 3.63) is 21.4 Å². The average molecular weight is 225 g/mol. The van der Waals surface area contributed by atoms with Gasteiger partial charge < -0.3 is 10.1 Å². The van der Waals surface area contributed by atoms with Crippen molar-refractivity contribution < 1.29 is 4.74 Å². The van der Waals surface area contributed by atoms with Gasteiger partial charge >= 0.3 is 0 Å². The first-order valence-electron chi connectivity index (χ1n) is 5.64. The number of rotatable bonds is 4. The highest BCUT2D eigenvalue weighted by Gasteiger charge is 2.14. The second kappa shape index (κ2) is 5.10. The lowest BCUT2D eigenvalue weighted by atomic mass is 10.2. The molecule has 2 nitrogen and oxygen atoms in total. The Morgan fingerprint density at radius 2 is 2.40 bits per heavy atom. The van der Waals surface area contributed by atoms with Crippen LogP contribution in [0.15, 0.2) is 6.07 Å². The quantitative estimate of drug-likeness (QED) is 0.850. The second-order valence-corrected chi connectivity index (χ2v) is 5.56. The zero-order valence-corrected chi connectivity index (χ0v) is 10.3. The first-order valence-corrected chi connectivity index (χ1v) is 6.45. The monoisotopic (exact) mass is 225 g/mol. The van der Waals surface area contributed by atoms with E-state index in [-0.39, 0.29) is 0 Å². The molecule has 1 aromatic heterocycles. The number of ether oxygens (including phenoxy) is 1. The molecular weight excluding hydrogens is 206 g/mol. The summed E-state index contributed by atoms with van der Waals surface area (Å²) in [6, 6.07) is 2.28. The highest BCUT2D eigenvalue weighted by molar-refractivity contribution is 7.12. The molecule has 84 valence electrons. The standard InChI is InChI=1S/C12H19NOS/c1-9-6-12(15-10(9)2)8-13-7-11-4-3-5-14-11/h6,11,13H,3-5,7-8H2,1-2H3. The van der Waals surface area contributed by atoms with Crippen LogP contribution in [-0.2, 0) is 11.3 Å². The van der Waals surface area contributed by atoms with Gasteiger partial charge in [0.25, 0.3) is 0 Å². The Labute approximate surface area is 95.6 Å². The number of nitrogens with one attached hydrogen (secondary N) is 1. The predicted molar refractivity (Wildman–Crippen MR) is 64.5 cm³/mol. The summed E-state index contributed by atoms with van der Waals surface area (Å²) in [4.78, 5) is 2.87. The third-order valence-corrected chi connectivity index (χ3v) is 4.06. The van der Waals surface area contributed by atoms with Gasteiger partial charge in [-0.15, -0.1) is 11.3 Å². The van der Waals surface area contributed by atoms with Gasteiger partial charge in [-0.3, -0.25) is 0 Å². The van der Waals surface area contributed by atoms with Gasteiger partial charge in [0.05, 0.1) is 6.10 Å². The van der Waals surface area contributed by atoms with E-state index in [4.69, 9.17) is 4.74 Å². The average Bonchev–Trinajstić information content (AvgIpc) is 2.79. The van der Waals surface area contributed by atoms with E-state index in [1.807, 2.05) is 11.3 Å². The van der Waals surface area contributed by atoms with Crippen LogP contribution in [0.1, 0.15) is 28.2 Å². The molecule has 15 heavy (non-hydrogen) atoms. The minimum absolute atomic E-state index is 0.451. The topological polar surface area (TPSA) is 21.3 Å². The molecule has 1 aliphatic rings. The molecule has 0 aliphatic carbocycles. The lowest BCUT2D eigenvalue weighted by Gasteiger charge is -2.09. The van der Waals surface area contributed by atoms with E-state index in [0.717, 1.165) is 19.7 Å². The highest BCUT2D eigenvalue weighted by Crippen LogP contribution is 2.20. The van der Waals surface area contributed by atoms with Gasteiger partial charge in [-0.05, 0) is 38.3 Å². The van der Waals surface area contributed by atoms with Crippen LogP contribution in [0.2, 0.25) is 0 Å². The maximum atomic E-state index is 5.56. The minimum atomic E-state index is 0.451. The zero-order chi connectivity index (χ0) is 10.7. The van der Waals surface area contributed by atoms with Crippen LogP contribution >= 0.6 is 11.3 Å². The maximum Gasteiger partial charge on any atom is 0.0700 e. The van der Waals surface area contributed by atoms with Crippen LogP contribution in [0.4, 0.5) is 0 Å². The van der Waals surface area contributed by atoms with Crippen molar-refractivity contribution in [3.63, 3.8) is 0 Å². The summed E-state index contributed by atoms with van der Waals surface area (Å²) in [6.45, 7) is 7.29. The second-order valence-electron chi connectivity index (χ2n) is 4.22. The summed E-state index contributed by atoms with van der Waals surface area (Å²) in [5, 5.41) is 3.47. The minimum Gasteiger partial charge on any atom is -0.377 e. The van der Waals surface area contributed by atoms with Crippen molar-refractivity contribution in [2.24, 2.45) is 0 Å². The van der Waals surface area contributed by atoms with E-state index in [9.17, 15) is 0 Å². The summed E-state index contributed by atoms with van der Waals surface area (Å²) < 4.78 is 5.56. The van der Waals surface area contributed by atoms with Crippen LogP contribution in [0.25, 0.3) is 0 Å². The van der Waals surface area contributed by atoms with Crippen molar-refractivity contribution in [3.8, 4) is 0 Å². The van der Waals surface area contributed by atoms with Crippen LogP contribution in [-0.4, -0.2) is 19.3 Å². The van der Waals surface area contributed by atoms with Gasteiger partial charge in [0, 0.05) is 29.5 Å². The maximum absolute atomic E-state index is 5.56. The number of aryl methyl sites for hydroxylation is 2. The first-order chi connectivity index (χ1) is 7.25.